The van der Waals surface area contributed by atoms with Crippen molar-refractivity contribution >= 4 is 32.2 Å². The van der Waals surface area contributed by atoms with Crippen LogP contribution in [0.1, 0.15) is 26.7 Å². The quantitative estimate of drug-likeness (QED) is 0.809. The molecule has 3 N–H and O–H groups in total. The predicted octanol–water partition coefficient (Wildman–Crippen LogP) is 2.04. The number of anilines is 2. The number of allylic oxidation sites excluding steroid dienone is 1. The number of hydrogen-bond acceptors (Lipinski definition) is 6. The van der Waals surface area contributed by atoms with Gasteiger partial charge in [0.25, 0.3) is 0 Å². The van der Waals surface area contributed by atoms with Crippen molar-refractivity contribution in [2.24, 2.45) is 0 Å². The number of nitrogens with one attached hydrogen (secondary N) is 1. The van der Waals surface area contributed by atoms with E-state index in [1.807, 2.05) is 19.9 Å². The summed E-state index contributed by atoms with van der Waals surface area (Å²) in [4.78, 5) is 0.192. The molecule has 0 aliphatic heterocycles. The Morgan fingerprint density at radius 2 is 2.22 bits per heavy atom. The van der Waals surface area contributed by atoms with E-state index < -0.39 is 9.84 Å². The summed E-state index contributed by atoms with van der Waals surface area (Å²) in [5, 5.41) is 3.36. The number of sulfone groups is 1. The lowest BCUT2D eigenvalue weighted by atomic mass is 10.3. The molecule has 100 valence electrons. The first-order valence-corrected chi connectivity index (χ1v) is 8.11. The number of nitrogens with zero attached hydrogens (tertiary/aromatic N) is 1. The molecule has 0 radical (unpaired) electrons. The summed E-state index contributed by atoms with van der Waals surface area (Å²) in [5.74, 6) is 0.117. The molecule has 0 spiro atoms. The van der Waals surface area contributed by atoms with Crippen LogP contribution in [-0.4, -0.2) is 24.6 Å². The SMILES string of the molecule is CC(C)=CCNc1snc(N)c1S(=O)(=O)C1CC1. The predicted molar refractivity (Wildman–Crippen MR) is 74.7 cm³/mol. The maximum atomic E-state index is 12.2. The van der Waals surface area contributed by atoms with Gasteiger partial charge in [-0.25, -0.2) is 8.42 Å². The van der Waals surface area contributed by atoms with Crippen LogP contribution in [0.4, 0.5) is 10.8 Å². The second-order valence-electron chi connectivity index (χ2n) is 4.63. The Morgan fingerprint density at radius 1 is 1.56 bits per heavy atom. The fourth-order valence-corrected chi connectivity index (χ4v) is 4.47. The maximum Gasteiger partial charge on any atom is 0.187 e. The van der Waals surface area contributed by atoms with Gasteiger partial charge in [0.15, 0.2) is 15.7 Å². The van der Waals surface area contributed by atoms with Crippen molar-refractivity contribution in [3.8, 4) is 0 Å². The zero-order valence-corrected chi connectivity index (χ0v) is 12.1. The van der Waals surface area contributed by atoms with Crippen LogP contribution in [-0.2, 0) is 9.84 Å². The third kappa shape index (κ3) is 2.67. The molecule has 0 unspecified atom stereocenters. The first kappa shape index (κ1) is 13.4. The van der Waals surface area contributed by atoms with Gasteiger partial charge in [0, 0.05) is 6.54 Å². The van der Waals surface area contributed by atoms with Crippen molar-refractivity contribution in [3.63, 3.8) is 0 Å². The highest BCUT2D eigenvalue weighted by Crippen LogP contribution is 2.40. The molecule has 1 aromatic heterocycles. The maximum absolute atomic E-state index is 12.2. The van der Waals surface area contributed by atoms with Crippen molar-refractivity contribution in [2.45, 2.75) is 36.8 Å². The Bertz CT molecular complexity index is 567. The average molecular weight is 287 g/mol. The Morgan fingerprint density at radius 3 is 2.78 bits per heavy atom. The van der Waals surface area contributed by atoms with Crippen LogP contribution in [0.5, 0.6) is 0 Å². The highest BCUT2D eigenvalue weighted by molar-refractivity contribution is 7.92. The standard InChI is InChI=1S/C11H17N3O2S2/c1-7(2)5-6-13-11-9(10(12)14-17-11)18(15,16)8-3-4-8/h5,8,13H,3-4,6H2,1-2H3,(H2,12,14). The smallest absolute Gasteiger partial charge is 0.187 e. The third-order valence-corrected chi connectivity index (χ3v) is 5.97. The van der Waals surface area contributed by atoms with Crippen molar-refractivity contribution in [1.29, 1.82) is 0 Å². The topological polar surface area (TPSA) is 85.1 Å². The third-order valence-electron chi connectivity index (χ3n) is 2.69. The van der Waals surface area contributed by atoms with Crippen LogP contribution < -0.4 is 11.1 Å². The van der Waals surface area contributed by atoms with Gasteiger partial charge in [-0.15, -0.1) is 0 Å². The molecule has 2 rings (SSSR count). The van der Waals surface area contributed by atoms with Gasteiger partial charge < -0.3 is 11.1 Å². The number of aromatic nitrogens is 1. The van der Waals surface area contributed by atoms with Gasteiger partial charge >= 0.3 is 0 Å². The summed E-state index contributed by atoms with van der Waals surface area (Å²) in [7, 11) is -3.29. The molecule has 18 heavy (non-hydrogen) atoms. The Hall–Kier alpha value is -1.08. The molecule has 0 bridgehead atoms. The summed E-state index contributed by atoms with van der Waals surface area (Å²) < 4.78 is 28.4. The van der Waals surface area contributed by atoms with E-state index in [9.17, 15) is 8.42 Å². The summed E-state index contributed by atoms with van der Waals surface area (Å²) in [6.45, 7) is 4.56. The largest absolute Gasteiger partial charge is 0.382 e. The van der Waals surface area contributed by atoms with Crippen molar-refractivity contribution in [2.75, 3.05) is 17.6 Å². The van der Waals surface area contributed by atoms with E-state index in [4.69, 9.17) is 5.73 Å². The zero-order valence-electron chi connectivity index (χ0n) is 10.4. The van der Waals surface area contributed by atoms with E-state index in [-0.39, 0.29) is 16.0 Å². The molecular formula is C11H17N3O2S2. The van der Waals surface area contributed by atoms with Crippen LogP contribution in [0.25, 0.3) is 0 Å². The molecule has 1 fully saturated rings. The highest BCUT2D eigenvalue weighted by atomic mass is 32.2. The van der Waals surface area contributed by atoms with Gasteiger partial charge in [0.1, 0.15) is 9.90 Å². The van der Waals surface area contributed by atoms with Crippen LogP contribution in [0, 0.1) is 0 Å². The van der Waals surface area contributed by atoms with Crippen molar-refractivity contribution in [3.05, 3.63) is 11.6 Å². The minimum atomic E-state index is -3.29. The molecule has 7 heteroatoms. The second-order valence-corrected chi connectivity index (χ2v) is 7.57. The molecule has 0 saturated heterocycles. The van der Waals surface area contributed by atoms with Gasteiger partial charge in [-0.05, 0) is 38.2 Å². The molecule has 1 aromatic rings. The number of nitrogens with two attached hydrogens (primary N) is 1. The first-order chi connectivity index (χ1) is 8.43. The minimum absolute atomic E-state index is 0.117. The van der Waals surface area contributed by atoms with Crippen LogP contribution in [0.15, 0.2) is 16.5 Å². The molecule has 1 aliphatic carbocycles. The van der Waals surface area contributed by atoms with Gasteiger partial charge in [0.05, 0.1) is 5.25 Å². The first-order valence-electron chi connectivity index (χ1n) is 5.79. The normalized spacial score (nSPS) is 15.4. The lowest BCUT2D eigenvalue weighted by molar-refractivity contribution is 0.595. The number of rotatable bonds is 5. The van der Waals surface area contributed by atoms with Crippen LogP contribution in [0.2, 0.25) is 0 Å². The fourth-order valence-electron chi connectivity index (χ4n) is 1.57. The number of nitrogen functional groups attached to an aromatic ring is 1. The van der Waals surface area contributed by atoms with Gasteiger partial charge in [0.2, 0.25) is 0 Å². The lowest BCUT2D eigenvalue weighted by Gasteiger charge is -2.06. The van der Waals surface area contributed by atoms with E-state index in [0.717, 1.165) is 24.4 Å². The fraction of sp³-hybridized carbons (Fsp3) is 0.545. The Kier molecular flexibility index (Phi) is 3.63. The molecule has 0 aromatic carbocycles. The molecular weight excluding hydrogens is 270 g/mol. The summed E-state index contributed by atoms with van der Waals surface area (Å²) in [6, 6.07) is 0. The second kappa shape index (κ2) is 4.89. The molecule has 0 atom stereocenters. The highest BCUT2D eigenvalue weighted by Gasteiger charge is 2.40. The molecule has 0 amide bonds. The Balaban J connectivity index is 2.25. The number of hydrogen-bond donors (Lipinski definition) is 2. The lowest BCUT2D eigenvalue weighted by Crippen LogP contribution is -2.11. The van der Waals surface area contributed by atoms with Crippen molar-refractivity contribution in [1.82, 2.24) is 4.37 Å². The monoisotopic (exact) mass is 287 g/mol. The van der Waals surface area contributed by atoms with Crippen molar-refractivity contribution < 1.29 is 8.42 Å². The van der Waals surface area contributed by atoms with Crippen LogP contribution >= 0.6 is 11.5 Å². The summed E-state index contributed by atoms with van der Waals surface area (Å²) in [6.07, 6.45) is 3.44. The Labute approximate surface area is 111 Å². The van der Waals surface area contributed by atoms with Gasteiger partial charge in [-0.3, -0.25) is 0 Å². The molecule has 1 saturated carbocycles. The van der Waals surface area contributed by atoms with E-state index in [1.54, 1.807) is 0 Å². The zero-order chi connectivity index (χ0) is 13.3. The van der Waals surface area contributed by atoms with Gasteiger partial charge in [-0.1, -0.05) is 11.6 Å². The molecule has 5 nitrogen and oxygen atoms in total. The van der Waals surface area contributed by atoms with E-state index in [2.05, 4.69) is 9.69 Å². The summed E-state index contributed by atoms with van der Waals surface area (Å²) >= 11 is 1.11. The van der Waals surface area contributed by atoms with E-state index in [1.165, 1.54) is 5.57 Å². The minimum Gasteiger partial charge on any atom is -0.382 e. The molecule has 1 aliphatic rings. The van der Waals surface area contributed by atoms with E-state index >= 15 is 0 Å². The summed E-state index contributed by atoms with van der Waals surface area (Å²) in [5.41, 5.74) is 6.86. The van der Waals surface area contributed by atoms with E-state index in [0.29, 0.717) is 11.5 Å². The average Bonchev–Trinajstić information content (AvgIpc) is 3.04. The van der Waals surface area contributed by atoms with Gasteiger partial charge in [-0.2, -0.15) is 4.37 Å². The molecule has 1 heterocycles. The van der Waals surface area contributed by atoms with Crippen LogP contribution in [0.3, 0.4) is 0 Å².